The summed E-state index contributed by atoms with van der Waals surface area (Å²) in [6, 6.07) is 7.42. The molecule has 0 atom stereocenters. The first-order valence-electron chi connectivity index (χ1n) is 15.0. The highest BCUT2D eigenvalue weighted by molar-refractivity contribution is 7.95. The molecule has 0 unspecified atom stereocenters. The molecule has 0 aliphatic carbocycles. The third kappa shape index (κ3) is 7.36. The minimum absolute atomic E-state index is 0.227. The monoisotopic (exact) mass is 892 g/mol. The molecule has 0 bridgehead atoms. The lowest BCUT2D eigenvalue weighted by Gasteiger charge is -2.44. The Bertz CT molecular complexity index is 2130. The van der Waals surface area contributed by atoms with Crippen LogP contribution in [0.1, 0.15) is 0 Å². The number of hydrogen-bond donors (Lipinski definition) is 0. The van der Waals surface area contributed by atoms with Gasteiger partial charge in [0, 0.05) is 10.9 Å². The Morgan fingerprint density at radius 3 is 0.780 bits per heavy atom. The van der Waals surface area contributed by atoms with Crippen LogP contribution >= 0.6 is 0 Å². The van der Waals surface area contributed by atoms with Crippen molar-refractivity contribution in [2.45, 2.75) is 4.90 Å². The lowest BCUT2D eigenvalue weighted by molar-refractivity contribution is 0.121. The Balaban J connectivity index is 0.000000464. The molecule has 0 N–H and O–H groups in total. The quantitative estimate of drug-likeness (QED) is 0.0331. The molecule has 0 fully saturated rings. The number of carbonyl (C=O) groups excluding carboxylic acids is 1. The summed E-state index contributed by atoms with van der Waals surface area (Å²) in [6.07, 6.45) is -3.64. The van der Waals surface area contributed by atoms with Gasteiger partial charge in [0.25, 0.3) is 0 Å². The molecular formula is C34H13BF20O3S. The topological polar surface area (TPSA) is 35.5 Å². The van der Waals surface area contributed by atoms with Crippen molar-refractivity contribution in [2.24, 2.45) is 0 Å². The lowest BCUT2D eigenvalue weighted by Crippen LogP contribution is -2.81. The van der Waals surface area contributed by atoms with Gasteiger partial charge in [0.15, 0.2) is 74.7 Å². The lowest BCUT2D eigenvalue weighted by atomic mass is 9.12. The van der Waals surface area contributed by atoms with E-state index in [2.05, 4.69) is 17.2 Å². The van der Waals surface area contributed by atoms with Crippen molar-refractivity contribution >= 4 is 45.0 Å². The summed E-state index contributed by atoms with van der Waals surface area (Å²) < 4.78 is 303. The van der Waals surface area contributed by atoms with Crippen LogP contribution in [0.3, 0.4) is 0 Å². The zero-order chi connectivity index (χ0) is 44.9. The molecule has 0 aliphatic heterocycles. The molecule has 5 rings (SSSR count). The first-order valence-corrected chi connectivity index (χ1v) is 17.0. The van der Waals surface area contributed by atoms with Gasteiger partial charge >= 0.3 is 6.16 Å². The van der Waals surface area contributed by atoms with E-state index in [1.54, 1.807) is 12.1 Å². The molecule has 59 heavy (non-hydrogen) atoms. The molecule has 3 nitrogen and oxygen atoms in total. The van der Waals surface area contributed by atoms with E-state index in [0.29, 0.717) is 5.75 Å². The van der Waals surface area contributed by atoms with Crippen LogP contribution in [0.25, 0.3) is 0 Å². The molecule has 0 saturated carbocycles. The second-order valence-corrected chi connectivity index (χ2v) is 13.7. The average molecular weight is 892 g/mol. The molecule has 5 aromatic carbocycles. The highest BCUT2D eigenvalue weighted by Crippen LogP contribution is 2.31. The molecule has 0 saturated heterocycles. The number of methoxy groups -OCH3 is 1. The zero-order valence-electron chi connectivity index (χ0n) is 28.6. The van der Waals surface area contributed by atoms with E-state index in [4.69, 9.17) is 4.74 Å². The van der Waals surface area contributed by atoms with Crippen molar-refractivity contribution in [3.63, 3.8) is 0 Å². The van der Waals surface area contributed by atoms with E-state index in [-0.39, 0.29) is 10.9 Å². The fourth-order valence-corrected chi connectivity index (χ4v) is 6.47. The van der Waals surface area contributed by atoms with E-state index in [1.165, 1.54) is 12.0 Å². The number of rotatable bonds is 6. The van der Waals surface area contributed by atoms with E-state index >= 15 is 35.1 Å². The van der Waals surface area contributed by atoms with Gasteiger partial charge in [0.05, 0.1) is 7.11 Å². The smallest absolute Gasteiger partial charge is 0.437 e. The number of halogens is 20. The maximum absolute atomic E-state index is 15.4. The summed E-state index contributed by atoms with van der Waals surface area (Å²) in [5, 5.41) is 0. The number of carbonyl (C=O) groups is 1. The Morgan fingerprint density at radius 1 is 0.390 bits per heavy atom. The largest absolute Gasteiger partial charge is 0.513 e. The predicted octanol–water partition coefficient (Wildman–Crippen LogP) is 7.91. The maximum atomic E-state index is 15.4. The summed E-state index contributed by atoms with van der Waals surface area (Å²) in [6.45, 7) is 0. The summed E-state index contributed by atoms with van der Waals surface area (Å²) in [5.74, 6) is -70.9. The Labute approximate surface area is 318 Å². The van der Waals surface area contributed by atoms with Gasteiger partial charge in [-0.15, -0.1) is 21.9 Å². The van der Waals surface area contributed by atoms with Crippen LogP contribution in [0, 0.1) is 116 Å². The second-order valence-electron chi connectivity index (χ2n) is 11.6. The van der Waals surface area contributed by atoms with Crippen LogP contribution in [0.15, 0.2) is 29.2 Å². The van der Waals surface area contributed by atoms with E-state index in [0.717, 1.165) is 0 Å². The zero-order valence-corrected chi connectivity index (χ0v) is 29.4. The third-order valence-corrected chi connectivity index (χ3v) is 9.59. The fraction of sp³-hybridized carbons (Fsp3) is 0.0882. The van der Waals surface area contributed by atoms with Crippen molar-refractivity contribution in [2.75, 3.05) is 19.6 Å². The molecule has 0 amide bonds. The van der Waals surface area contributed by atoms with Crippen LogP contribution in [0.4, 0.5) is 92.6 Å². The molecular weight excluding hydrogens is 879 g/mol. The molecule has 0 spiro atoms. The maximum Gasteiger partial charge on any atom is 0.513 e. The van der Waals surface area contributed by atoms with Crippen LogP contribution in [-0.4, -0.2) is 31.9 Å². The van der Waals surface area contributed by atoms with Gasteiger partial charge in [0.1, 0.15) is 70.9 Å². The van der Waals surface area contributed by atoms with Gasteiger partial charge in [-0.3, -0.25) is 0 Å². The van der Waals surface area contributed by atoms with Crippen molar-refractivity contribution in [1.29, 1.82) is 0 Å². The average Bonchev–Trinajstić information content (AvgIpc) is 3.21. The summed E-state index contributed by atoms with van der Waals surface area (Å²) >= 11 is 0. The number of benzene rings is 5. The van der Waals surface area contributed by atoms with Crippen LogP contribution in [0.5, 0.6) is 5.75 Å². The Morgan fingerprint density at radius 2 is 0.593 bits per heavy atom. The molecule has 0 aliphatic rings. The molecule has 0 aromatic heterocycles. The van der Waals surface area contributed by atoms with Gasteiger partial charge in [-0.2, -0.15) is 0 Å². The summed E-state index contributed by atoms with van der Waals surface area (Å²) in [4.78, 5) is 12.0. The van der Waals surface area contributed by atoms with Crippen LogP contribution < -0.4 is 26.6 Å². The summed E-state index contributed by atoms with van der Waals surface area (Å²) in [7, 11) is 1.51. The van der Waals surface area contributed by atoms with Gasteiger partial charge < -0.3 is 9.47 Å². The van der Waals surface area contributed by atoms with Crippen LogP contribution in [-0.2, 0) is 15.6 Å². The van der Waals surface area contributed by atoms with Gasteiger partial charge in [-0.25, -0.2) is 92.6 Å². The fourth-order valence-electron chi connectivity index (χ4n) is 5.79. The van der Waals surface area contributed by atoms with E-state index < -0.39 is 150 Å². The molecule has 25 heteroatoms. The van der Waals surface area contributed by atoms with Crippen molar-refractivity contribution < 1.29 is 102 Å². The minimum Gasteiger partial charge on any atom is -0.437 e. The Kier molecular flexibility index (Phi) is 13.2. The molecule has 0 radical (unpaired) electrons. The molecule has 5 aromatic rings. The first-order chi connectivity index (χ1) is 27.3. The van der Waals surface area contributed by atoms with Crippen LogP contribution in [0.2, 0.25) is 0 Å². The van der Waals surface area contributed by atoms with Gasteiger partial charge in [-0.05, 0) is 24.3 Å². The SMILES string of the molecule is COC(=O)Oc1ccc([S+](C)C)cc1.Fc1c(F)c(F)c([B-](c2c(F)c(F)c(F)c(F)c2F)(c2c(F)c(F)c(F)c(F)c2F)c2c(F)c(F)c(F)c(F)c2F)c(F)c1F. The molecule has 316 valence electrons. The van der Waals surface area contributed by atoms with Crippen molar-refractivity contribution in [1.82, 2.24) is 0 Å². The Hall–Kier alpha value is -5.62. The number of hydrogen-bond acceptors (Lipinski definition) is 3. The van der Waals surface area contributed by atoms with Crippen molar-refractivity contribution in [3.8, 4) is 5.75 Å². The van der Waals surface area contributed by atoms with Crippen molar-refractivity contribution in [3.05, 3.63) is 141 Å². The standard InChI is InChI=1S/C24BF20.C10H13O3S/c26-5-1(6(27)14(35)21(42)13(5)34)25(2-7(28)15(36)22(43)16(37)8(2)29,3-9(30)17(38)23(44)18(39)10(3)31)4-11(32)19(40)24(45)20(41)12(4)33;1-12-10(11)13-8-4-6-9(7-5-8)14(2)3/h;4-7H,1-3H3/q-1;+1. The number of ether oxygens (including phenoxy) is 2. The van der Waals surface area contributed by atoms with Gasteiger partial charge in [-0.1, -0.05) is 0 Å². The second kappa shape index (κ2) is 16.9. The highest BCUT2D eigenvalue weighted by Gasteiger charge is 2.52. The van der Waals surface area contributed by atoms with E-state index in [9.17, 15) is 57.5 Å². The molecule has 0 heterocycles. The van der Waals surface area contributed by atoms with Gasteiger partial charge in [0.2, 0.25) is 0 Å². The van der Waals surface area contributed by atoms with E-state index in [1.807, 2.05) is 12.1 Å². The predicted molar refractivity (Wildman–Crippen MR) is 166 cm³/mol. The summed E-state index contributed by atoms with van der Waals surface area (Å²) in [5.41, 5.74) is -14.3. The highest BCUT2D eigenvalue weighted by atomic mass is 32.2. The minimum atomic E-state index is -7.22. The normalized spacial score (nSPS) is 11.5. The third-order valence-electron chi connectivity index (χ3n) is 8.37. The first kappa shape index (κ1) is 46.1.